The molecule has 0 bridgehead atoms. The number of hydrogen-bond acceptors (Lipinski definition) is 6. The Bertz CT molecular complexity index is 1230. The van der Waals surface area contributed by atoms with Gasteiger partial charge in [-0.15, -0.1) is 0 Å². The minimum Gasteiger partial charge on any atom is -0.494 e. The Morgan fingerprint density at radius 2 is 1.72 bits per heavy atom. The zero-order valence-corrected chi connectivity index (χ0v) is 21.4. The molecule has 9 heteroatoms. The number of carbonyl (C=O) groups excluding carboxylic acids is 2. The van der Waals surface area contributed by atoms with Crippen LogP contribution in [0.1, 0.15) is 53.0 Å². The van der Waals surface area contributed by atoms with Crippen molar-refractivity contribution in [3.05, 3.63) is 87.4 Å². The number of unbranched alkanes of at least 4 members (excludes halogenated alkanes) is 1. The second kappa shape index (κ2) is 13.5. The maximum Gasteiger partial charge on any atom is 0.345 e. The highest BCUT2D eigenvalue weighted by Crippen LogP contribution is 2.30. The number of esters is 1. The highest BCUT2D eigenvalue weighted by atomic mass is 35.5. The van der Waals surface area contributed by atoms with Gasteiger partial charge in [0.05, 0.1) is 30.0 Å². The number of rotatable bonds is 11. The molecule has 0 atom stereocenters. The lowest BCUT2D eigenvalue weighted by Crippen LogP contribution is -2.17. The van der Waals surface area contributed by atoms with Crippen LogP contribution in [-0.4, -0.2) is 31.3 Å². The van der Waals surface area contributed by atoms with E-state index in [-0.39, 0.29) is 22.2 Å². The number of amides is 1. The van der Waals surface area contributed by atoms with Crippen LogP contribution in [0.25, 0.3) is 0 Å². The quantitative estimate of drug-likeness (QED) is 0.100. The third-order valence-corrected chi connectivity index (χ3v) is 5.43. The fraction of sp³-hybridized carbons (Fsp3) is 0.222. The van der Waals surface area contributed by atoms with E-state index in [1.54, 1.807) is 48.5 Å². The summed E-state index contributed by atoms with van der Waals surface area (Å²) in [6.45, 7) is 4.89. The maximum absolute atomic E-state index is 12.6. The van der Waals surface area contributed by atoms with E-state index in [4.69, 9.17) is 37.4 Å². The summed E-state index contributed by atoms with van der Waals surface area (Å²) in [5.41, 5.74) is 3.75. The first-order valence-corrected chi connectivity index (χ1v) is 12.2. The number of nitrogens with zero attached hydrogens (tertiary/aromatic N) is 1. The first kappa shape index (κ1) is 27.0. The van der Waals surface area contributed by atoms with Gasteiger partial charge in [-0.1, -0.05) is 36.5 Å². The molecule has 7 nitrogen and oxygen atoms in total. The van der Waals surface area contributed by atoms with Crippen molar-refractivity contribution in [1.82, 2.24) is 5.43 Å². The molecule has 0 spiro atoms. The Balaban J connectivity index is 1.64. The van der Waals surface area contributed by atoms with Crippen LogP contribution >= 0.6 is 23.2 Å². The van der Waals surface area contributed by atoms with Crippen molar-refractivity contribution in [3.63, 3.8) is 0 Å². The van der Waals surface area contributed by atoms with Crippen molar-refractivity contribution in [2.24, 2.45) is 5.10 Å². The first-order chi connectivity index (χ1) is 17.4. The van der Waals surface area contributed by atoms with Gasteiger partial charge in [0.1, 0.15) is 5.75 Å². The minimum absolute atomic E-state index is 0.178. The number of hydrogen-bond donors (Lipinski definition) is 1. The zero-order valence-electron chi connectivity index (χ0n) is 19.9. The molecule has 1 amide bonds. The summed E-state index contributed by atoms with van der Waals surface area (Å²) in [5, 5.41) is 4.61. The van der Waals surface area contributed by atoms with Crippen LogP contribution in [-0.2, 0) is 0 Å². The number of nitrogens with one attached hydrogen (secondary N) is 1. The SMILES string of the molecule is CCCCOc1ccc(C(=O)NN=Cc2ccc(OC(=O)c3ccc(Cl)cc3Cl)c(OCC)c2)cc1. The smallest absolute Gasteiger partial charge is 0.345 e. The predicted octanol–water partition coefficient (Wildman–Crippen LogP) is 6.55. The third kappa shape index (κ3) is 7.73. The van der Waals surface area contributed by atoms with Crippen LogP contribution in [0.3, 0.4) is 0 Å². The van der Waals surface area contributed by atoms with Gasteiger partial charge >= 0.3 is 5.97 Å². The van der Waals surface area contributed by atoms with Crippen LogP contribution in [0.15, 0.2) is 65.8 Å². The van der Waals surface area contributed by atoms with E-state index < -0.39 is 5.97 Å². The lowest BCUT2D eigenvalue weighted by atomic mass is 10.2. The topological polar surface area (TPSA) is 86.2 Å². The van der Waals surface area contributed by atoms with Crippen molar-refractivity contribution in [1.29, 1.82) is 0 Å². The van der Waals surface area contributed by atoms with Gasteiger partial charge in [-0.05, 0) is 79.6 Å². The van der Waals surface area contributed by atoms with Gasteiger partial charge in [0.2, 0.25) is 0 Å². The van der Waals surface area contributed by atoms with Gasteiger partial charge in [-0.3, -0.25) is 4.79 Å². The molecule has 0 aliphatic rings. The van der Waals surface area contributed by atoms with Crippen LogP contribution in [0, 0.1) is 0 Å². The van der Waals surface area contributed by atoms with E-state index in [1.165, 1.54) is 18.3 Å². The average Bonchev–Trinajstić information content (AvgIpc) is 2.86. The average molecular weight is 529 g/mol. The van der Waals surface area contributed by atoms with Gasteiger partial charge in [-0.25, -0.2) is 10.2 Å². The van der Waals surface area contributed by atoms with E-state index in [0.717, 1.165) is 12.8 Å². The molecule has 0 fully saturated rings. The molecule has 0 heterocycles. The molecular weight excluding hydrogens is 503 g/mol. The molecule has 0 aliphatic heterocycles. The molecule has 0 saturated heterocycles. The van der Waals surface area contributed by atoms with Crippen molar-refractivity contribution >= 4 is 41.3 Å². The third-order valence-electron chi connectivity index (χ3n) is 4.88. The Morgan fingerprint density at radius 3 is 2.42 bits per heavy atom. The standard InChI is InChI=1S/C27H26Cl2N2O5/c1-3-5-14-35-21-10-7-19(8-11-21)26(32)31-30-17-18-6-13-24(25(15-18)34-4-2)36-27(33)22-12-9-20(28)16-23(22)29/h6-13,15-17H,3-5,14H2,1-2H3,(H,31,32). The summed E-state index contributed by atoms with van der Waals surface area (Å²) in [4.78, 5) is 24.9. The molecule has 0 aromatic heterocycles. The molecular formula is C27H26Cl2N2O5. The molecule has 0 radical (unpaired) electrons. The molecule has 3 rings (SSSR count). The van der Waals surface area contributed by atoms with E-state index in [0.29, 0.717) is 40.9 Å². The van der Waals surface area contributed by atoms with Gasteiger partial charge in [0, 0.05) is 10.6 Å². The molecule has 0 unspecified atom stereocenters. The van der Waals surface area contributed by atoms with Gasteiger partial charge in [-0.2, -0.15) is 5.10 Å². The van der Waals surface area contributed by atoms with Gasteiger partial charge < -0.3 is 14.2 Å². The van der Waals surface area contributed by atoms with Crippen LogP contribution < -0.4 is 19.6 Å². The molecule has 188 valence electrons. The molecule has 36 heavy (non-hydrogen) atoms. The van der Waals surface area contributed by atoms with Crippen LogP contribution in [0.5, 0.6) is 17.2 Å². The van der Waals surface area contributed by atoms with E-state index in [2.05, 4.69) is 17.5 Å². The number of ether oxygens (including phenoxy) is 3. The number of carbonyl (C=O) groups is 2. The molecule has 3 aromatic carbocycles. The molecule has 1 N–H and O–H groups in total. The number of hydrazone groups is 1. The minimum atomic E-state index is -0.645. The van der Waals surface area contributed by atoms with Crippen LogP contribution in [0.4, 0.5) is 0 Å². The Hall–Kier alpha value is -3.55. The largest absolute Gasteiger partial charge is 0.494 e. The molecule has 0 aliphatic carbocycles. The number of halogens is 2. The molecule has 3 aromatic rings. The normalized spacial score (nSPS) is 10.8. The zero-order chi connectivity index (χ0) is 25.9. The van der Waals surface area contributed by atoms with Gasteiger partial charge in [0.15, 0.2) is 11.5 Å². The predicted molar refractivity (Wildman–Crippen MR) is 141 cm³/mol. The Labute approximate surface area is 220 Å². The Morgan fingerprint density at radius 1 is 0.944 bits per heavy atom. The number of benzene rings is 3. The van der Waals surface area contributed by atoms with Crippen molar-refractivity contribution < 1.29 is 23.8 Å². The first-order valence-electron chi connectivity index (χ1n) is 11.4. The second-order valence-corrected chi connectivity index (χ2v) is 8.42. The van der Waals surface area contributed by atoms with E-state index in [1.807, 2.05) is 6.92 Å². The van der Waals surface area contributed by atoms with E-state index in [9.17, 15) is 9.59 Å². The summed E-state index contributed by atoms with van der Waals surface area (Å²) >= 11 is 12.0. The highest BCUT2D eigenvalue weighted by Gasteiger charge is 2.16. The second-order valence-electron chi connectivity index (χ2n) is 7.58. The van der Waals surface area contributed by atoms with E-state index >= 15 is 0 Å². The summed E-state index contributed by atoms with van der Waals surface area (Å²) in [7, 11) is 0. The maximum atomic E-state index is 12.6. The lowest BCUT2D eigenvalue weighted by Gasteiger charge is -2.12. The van der Waals surface area contributed by atoms with Crippen LogP contribution in [0.2, 0.25) is 10.0 Å². The fourth-order valence-electron chi connectivity index (χ4n) is 3.03. The Kier molecular flexibility index (Phi) is 10.2. The fourth-order valence-corrected chi connectivity index (χ4v) is 3.52. The van der Waals surface area contributed by atoms with Crippen molar-refractivity contribution in [2.45, 2.75) is 26.7 Å². The molecule has 0 saturated carbocycles. The monoisotopic (exact) mass is 528 g/mol. The summed E-state index contributed by atoms with van der Waals surface area (Å²) in [6, 6.07) is 16.3. The summed E-state index contributed by atoms with van der Waals surface area (Å²) in [6.07, 6.45) is 3.49. The van der Waals surface area contributed by atoms with Crippen molar-refractivity contribution in [3.8, 4) is 17.2 Å². The van der Waals surface area contributed by atoms with Crippen molar-refractivity contribution in [2.75, 3.05) is 13.2 Å². The lowest BCUT2D eigenvalue weighted by molar-refractivity contribution is 0.0728. The van der Waals surface area contributed by atoms with Gasteiger partial charge in [0.25, 0.3) is 5.91 Å². The summed E-state index contributed by atoms with van der Waals surface area (Å²) < 4.78 is 16.7. The summed E-state index contributed by atoms with van der Waals surface area (Å²) in [5.74, 6) is 0.265. The highest BCUT2D eigenvalue weighted by molar-refractivity contribution is 6.36.